The fourth-order valence-corrected chi connectivity index (χ4v) is 7.96. The molecule has 8 aromatic rings. The number of rotatable bonds is 4. The number of fused-ring (bicyclic) bond motifs is 8. The van der Waals surface area contributed by atoms with Gasteiger partial charge in [0.25, 0.3) is 0 Å². The molecule has 2 nitrogen and oxygen atoms in total. The fourth-order valence-electron chi connectivity index (χ4n) is 6.80. The summed E-state index contributed by atoms with van der Waals surface area (Å²) in [6.45, 7) is 0.867. The highest BCUT2D eigenvalue weighted by Gasteiger charge is 2.21. The minimum Gasteiger partial charge on any atom is -0.386 e. The second kappa shape index (κ2) is 10.1. The molecule has 1 N–H and O–H groups in total. The summed E-state index contributed by atoms with van der Waals surface area (Å²) >= 11 is 1.89. The van der Waals surface area contributed by atoms with Gasteiger partial charge in [0.15, 0.2) is 0 Å². The highest BCUT2D eigenvalue weighted by molar-refractivity contribution is 7.19. The lowest BCUT2D eigenvalue weighted by Gasteiger charge is -2.27. The van der Waals surface area contributed by atoms with Crippen LogP contribution < -0.4 is 10.2 Å². The van der Waals surface area contributed by atoms with Crippen molar-refractivity contribution in [1.29, 1.82) is 0 Å². The highest BCUT2D eigenvalue weighted by atomic mass is 32.1. The summed E-state index contributed by atoms with van der Waals surface area (Å²) in [5, 5.41) is 12.4. The molecule has 0 spiro atoms. The number of thiophene rings is 1. The van der Waals surface area contributed by atoms with E-state index in [1.165, 1.54) is 69.7 Å². The van der Waals surface area contributed by atoms with Crippen LogP contribution in [0.25, 0.3) is 59.6 Å². The van der Waals surface area contributed by atoms with Gasteiger partial charge in [0.05, 0.1) is 5.69 Å². The second-order valence-electron chi connectivity index (χ2n) is 11.4. The summed E-state index contributed by atoms with van der Waals surface area (Å²) in [6.07, 6.45) is 4.31. The number of benzene rings is 7. The largest absolute Gasteiger partial charge is 0.386 e. The predicted octanol–water partition coefficient (Wildman–Crippen LogP) is 11.6. The molecule has 208 valence electrons. The Morgan fingerprint density at radius 3 is 2.11 bits per heavy atom. The Balaban J connectivity index is 1.29. The number of hydrogen-bond donors (Lipinski definition) is 1. The van der Waals surface area contributed by atoms with Gasteiger partial charge in [0.1, 0.15) is 0 Å². The van der Waals surface area contributed by atoms with E-state index in [0.29, 0.717) is 0 Å². The summed E-state index contributed by atoms with van der Waals surface area (Å²) in [4.78, 5) is 3.82. The van der Waals surface area contributed by atoms with Crippen LogP contribution in [-0.4, -0.2) is 0 Å². The molecule has 0 saturated carbocycles. The van der Waals surface area contributed by atoms with Gasteiger partial charge < -0.3 is 10.2 Å². The van der Waals surface area contributed by atoms with Crippen LogP contribution in [0.5, 0.6) is 0 Å². The molecule has 1 aliphatic rings. The normalized spacial score (nSPS) is 12.5. The van der Waals surface area contributed by atoms with Crippen LogP contribution >= 0.6 is 11.3 Å². The van der Waals surface area contributed by atoms with Crippen LogP contribution in [0.4, 0.5) is 17.1 Å². The number of nitrogens with zero attached hydrogens (tertiary/aromatic N) is 1. The molecule has 0 amide bonds. The molecule has 0 fully saturated rings. The first-order chi connectivity index (χ1) is 21.8. The quantitative estimate of drug-likeness (QED) is 0.208. The molecule has 0 radical (unpaired) electrons. The van der Waals surface area contributed by atoms with Gasteiger partial charge in [0.2, 0.25) is 0 Å². The lowest BCUT2D eigenvalue weighted by Crippen LogP contribution is -2.11. The van der Waals surface area contributed by atoms with Gasteiger partial charge in [-0.25, -0.2) is 0 Å². The lowest BCUT2D eigenvalue weighted by atomic mass is 9.96. The first-order valence-electron chi connectivity index (χ1n) is 15.1. The smallest absolute Gasteiger partial charge is 0.0554 e. The molecule has 7 aromatic carbocycles. The zero-order valence-electron chi connectivity index (χ0n) is 24.0. The molecule has 0 atom stereocenters. The van der Waals surface area contributed by atoms with E-state index < -0.39 is 0 Å². The van der Waals surface area contributed by atoms with E-state index >= 15 is 0 Å². The average molecular weight is 581 g/mol. The zero-order valence-corrected chi connectivity index (χ0v) is 24.8. The van der Waals surface area contributed by atoms with Gasteiger partial charge in [-0.1, -0.05) is 103 Å². The predicted molar refractivity (Wildman–Crippen MR) is 190 cm³/mol. The van der Waals surface area contributed by atoms with Crippen LogP contribution in [0, 0.1) is 0 Å². The molecule has 9 rings (SSSR count). The fraction of sp³-hybridized carbons (Fsp3) is 0.0244. The Labute approximate surface area is 260 Å². The maximum Gasteiger partial charge on any atom is 0.0554 e. The van der Waals surface area contributed by atoms with Gasteiger partial charge in [-0.15, -0.1) is 11.3 Å². The molecular formula is C41H28N2S. The van der Waals surface area contributed by atoms with E-state index in [1.807, 2.05) is 11.3 Å². The van der Waals surface area contributed by atoms with Crippen molar-refractivity contribution in [1.82, 2.24) is 5.32 Å². The first kappa shape index (κ1) is 25.1. The van der Waals surface area contributed by atoms with Gasteiger partial charge in [-0.05, 0) is 92.1 Å². The number of anilines is 3. The molecule has 0 unspecified atom stereocenters. The first-order valence-corrected chi connectivity index (χ1v) is 15.9. The van der Waals surface area contributed by atoms with Crippen LogP contribution in [0.3, 0.4) is 0 Å². The SMILES string of the molecule is C1=Cc2c(sc3cccc(N(c4ccc(-c5ccccc5)cc4)c4ccc5ccc6c7ccccc7ccc6c5c4)c23)CN1. The maximum atomic E-state index is 3.40. The molecule has 1 aliphatic heterocycles. The Kier molecular flexibility index (Phi) is 5.78. The maximum absolute atomic E-state index is 3.40. The summed E-state index contributed by atoms with van der Waals surface area (Å²) in [5.74, 6) is 0. The number of nitrogens with one attached hydrogen (secondary N) is 1. The van der Waals surface area contributed by atoms with E-state index in [2.05, 4.69) is 162 Å². The minimum absolute atomic E-state index is 0.867. The summed E-state index contributed by atoms with van der Waals surface area (Å²) in [5.41, 5.74) is 7.25. The monoisotopic (exact) mass is 580 g/mol. The molecule has 1 aromatic heterocycles. The third kappa shape index (κ3) is 4.01. The van der Waals surface area contributed by atoms with Gasteiger partial charge >= 0.3 is 0 Å². The van der Waals surface area contributed by atoms with Crippen LogP contribution in [0.15, 0.2) is 146 Å². The van der Waals surface area contributed by atoms with E-state index in [0.717, 1.165) is 17.9 Å². The van der Waals surface area contributed by atoms with Crippen LogP contribution in [0.2, 0.25) is 0 Å². The Bertz CT molecular complexity index is 2380. The summed E-state index contributed by atoms with van der Waals surface area (Å²) < 4.78 is 1.31. The highest BCUT2D eigenvalue weighted by Crippen LogP contribution is 2.46. The van der Waals surface area contributed by atoms with Crippen molar-refractivity contribution in [2.75, 3.05) is 4.90 Å². The van der Waals surface area contributed by atoms with Crippen molar-refractivity contribution in [3.8, 4) is 11.1 Å². The molecule has 2 heterocycles. The number of hydrogen-bond acceptors (Lipinski definition) is 3. The van der Waals surface area contributed by atoms with Crippen LogP contribution in [-0.2, 0) is 6.54 Å². The van der Waals surface area contributed by atoms with Crippen molar-refractivity contribution >= 4 is 76.9 Å². The van der Waals surface area contributed by atoms with Crippen LogP contribution in [0.1, 0.15) is 10.4 Å². The van der Waals surface area contributed by atoms with Gasteiger partial charge in [0, 0.05) is 38.4 Å². The van der Waals surface area contributed by atoms with E-state index in [9.17, 15) is 0 Å². The molecule has 0 saturated heterocycles. The van der Waals surface area contributed by atoms with Gasteiger partial charge in [-0.2, -0.15) is 0 Å². The standard InChI is InChI=1S/C41H28N2S/c1-2-7-27(8-3-1)28-13-18-31(19-14-28)43(38-11-6-12-39-41(38)36-23-24-42-26-40(36)44-39)32-20-15-30-17-21-34-33-10-5-4-9-29(33)16-22-35(34)37(30)25-32/h1-25,42H,26H2. The Morgan fingerprint density at radius 1 is 0.545 bits per heavy atom. The molecule has 0 bridgehead atoms. The molecule has 3 heteroatoms. The summed E-state index contributed by atoms with van der Waals surface area (Å²) in [7, 11) is 0. The van der Waals surface area contributed by atoms with Crippen molar-refractivity contribution < 1.29 is 0 Å². The van der Waals surface area contributed by atoms with Gasteiger partial charge in [-0.3, -0.25) is 0 Å². The van der Waals surface area contributed by atoms with Crippen molar-refractivity contribution in [2.45, 2.75) is 6.54 Å². The van der Waals surface area contributed by atoms with E-state index in [4.69, 9.17) is 0 Å². The molecule has 44 heavy (non-hydrogen) atoms. The lowest BCUT2D eigenvalue weighted by molar-refractivity contribution is 0.878. The summed E-state index contributed by atoms with van der Waals surface area (Å²) in [6, 6.07) is 51.0. The van der Waals surface area contributed by atoms with E-state index in [1.54, 1.807) is 0 Å². The molecular weight excluding hydrogens is 553 g/mol. The van der Waals surface area contributed by atoms with Crippen molar-refractivity contribution in [2.24, 2.45) is 0 Å². The third-order valence-electron chi connectivity index (χ3n) is 8.90. The zero-order chi connectivity index (χ0) is 29.0. The Hall–Kier alpha value is -5.38. The third-order valence-corrected chi connectivity index (χ3v) is 10.1. The van der Waals surface area contributed by atoms with Crippen molar-refractivity contribution in [3.63, 3.8) is 0 Å². The molecule has 0 aliphatic carbocycles. The Morgan fingerprint density at radius 2 is 1.25 bits per heavy atom. The second-order valence-corrected chi connectivity index (χ2v) is 12.5. The minimum atomic E-state index is 0.867. The van der Waals surface area contributed by atoms with Crippen molar-refractivity contribution in [3.05, 3.63) is 156 Å². The average Bonchev–Trinajstić information content (AvgIpc) is 3.48. The van der Waals surface area contributed by atoms with E-state index in [-0.39, 0.29) is 0 Å². The topological polar surface area (TPSA) is 15.3 Å².